The van der Waals surface area contributed by atoms with Gasteiger partial charge < -0.3 is 4.74 Å². The summed E-state index contributed by atoms with van der Waals surface area (Å²) in [5, 5.41) is 17.2. The smallest absolute Gasteiger partial charge is 0.176 e. The molecule has 5 heteroatoms. The molecule has 0 heterocycles. The van der Waals surface area contributed by atoms with Gasteiger partial charge in [-0.1, -0.05) is 0 Å². The maximum atomic E-state index is 12.0. The second kappa shape index (κ2) is 7.86. The quantitative estimate of drug-likeness (QED) is 0.548. The lowest BCUT2D eigenvalue weighted by Crippen LogP contribution is -2.30. The van der Waals surface area contributed by atoms with Crippen LogP contribution in [0, 0.1) is 22.7 Å². The Morgan fingerprint density at radius 1 is 1.21 bits per heavy atom. The topological polar surface area (TPSA) is 77.1 Å². The van der Waals surface area contributed by atoms with E-state index in [0.717, 1.165) is 0 Å². The number of Topliss-reactive ketones (excluding diaryl/α,β-unsaturated/α-hetero) is 1. The summed E-state index contributed by atoms with van der Waals surface area (Å²) in [5.41, 5.74) is 0.546. The van der Waals surface area contributed by atoms with Gasteiger partial charge in [0.25, 0.3) is 0 Å². The third-order valence-corrected chi connectivity index (χ3v) is 2.44. The van der Waals surface area contributed by atoms with Crippen LogP contribution in [0.4, 0.5) is 0 Å². The highest BCUT2D eigenvalue weighted by Gasteiger charge is 2.12. The molecule has 0 bridgehead atoms. The van der Waals surface area contributed by atoms with Crippen molar-refractivity contribution in [1.29, 1.82) is 10.5 Å². The molecular weight excluding hydrogens is 242 g/mol. The first-order valence-corrected chi connectivity index (χ1v) is 5.93. The minimum Gasteiger partial charge on any atom is -0.494 e. The van der Waals surface area contributed by atoms with Crippen LogP contribution in [0.5, 0.6) is 5.75 Å². The number of nitrogens with zero attached hydrogens (tertiary/aromatic N) is 3. The van der Waals surface area contributed by atoms with Crippen LogP contribution in [-0.4, -0.2) is 36.9 Å². The Morgan fingerprint density at radius 2 is 1.79 bits per heavy atom. The van der Waals surface area contributed by atoms with Crippen LogP contribution in [0.1, 0.15) is 17.3 Å². The number of rotatable bonds is 7. The van der Waals surface area contributed by atoms with Crippen LogP contribution in [0.2, 0.25) is 0 Å². The number of benzene rings is 1. The number of ketones is 1. The fourth-order valence-electron chi connectivity index (χ4n) is 1.57. The van der Waals surface area contributed by atoms with Gasteiger partial charge in [0.15, 0.2) is 5.78 Å². The van der Waals surface area contributed by atoms with E-state index in [0.29, 0.717) is 17.9 Å². The molecule has 0 amide bonds. The summed E-state index contributed by atoms with van der Waals surface area (Å²) in [4.78, 5) is 13.5. The van der Waals surface area contributed by atoms with Gasteiger partial charge in [-0.05, 0) is 31.2 Å². The van der Waals surface area contributed by atoms with Gasteiger partial charge in [0, 0.05) is 5.56 Å². The molecule has 0 atom stereocenters. The number of nitriles is 2. The van der Waals surface area contributed by atoms with Crippen molar-refractivity contribution in [3.8, 4) is 17.9 Å². The monoisotopic (exact) mass is 257 g/mol. The van der Waals surface area contributed by atoms with Crippen LogP contribution < -0.4 is 4.74 Å². The highest BCUT2D eigenvalue weighted by Crippen LogP contribution is 2.12. The Labute approximate surface area is 112 Å². The lowest BCUT2D eigenvalue weighted by atomic mass is 10.1. The zero-order valence-corrected chi connectivity index (χ0v) is 10.8. The zero-order valence-electron chi connectivity index (χ0n) is 10.8. The summed E-state index contributed by atoms with van der Waals surface area (Å²) in [6.45, 7) is 2.66. The van der Waals surface area contributed by atoms with Gasteiger partial charge in [0.2, 0.25) is 0 Å². The second-order valence-electron chi connectivity index (χ2n) is 3.84. The molecule has 19 heavy (non-hydrogen) atoms. The lowest BCUT2D eigenvalue weighted by Gasteiger charge is -2.14. The van der Waals surface area contributed by atoms with Gasteiger partial charge >= 0.3 is 0 Å². The number of carbonyl (C=O) groups excluding carboxylic acids is 1. The summed E-state index contributed by atoms with van der Waals surface area (Å²) >= 11 is 0. The zero-order chi connectivity index (χ0) is 14.1. The minimum atomic E-state index is -0.117. The maximum Gasteiger partial charge on any atom is 0.176 e. The van der Waals surface area contributed by atoms with Gasteiger partial charge in [0.05, 0.1) is 38.4 Å². The Hall–Kier alpha value is -2.37. The molecule has 0 saturated heterocycles. The molecule has 0 aromatic heterocycles. The molecule has 0 saturated carbocycles. The van der Waals surface area contributed by atoms with Gasteiger partial charge in [-0.25, -0.2) is 0 Å². The van der Waals surface area contributed by atoms with E-state index in [2.05, 4.69) is 0 Å². The number of ether oxygens (including phenoxy) is 1. The SMILES string of the molecule is CCOc1ccc(C(=O)CN(CC#N)CC#N)cc1. The van der Waals surface area contributed by atoms with E-state index in [1.807, 2.05) is 19.1 Å². The summed E-state index contributed by atoms with van der Waals surface area (Å²) < 4.78 is 5.29. The molecule has 1 rings (SSSR count). The summed E-state index contributed by atoms with van der Waals surface area (Å²) in [5.74, 6) is 0.596. The largest absolute Gasteiger partial charge is 0.494 e. The molecule has 0 aliphatic carbocycles. The van der Waals surface area contributed by atoms with E-state index in [-0.39, 0.29) is 25.4 Å². The van der Waals surface area contributed by atoms with Crippen LogP contribution in [0.3, 0.4) is 0 Å². The summed E-state index contributed by atoms with van der Waals surface area (Å²) in [7, 11) is 0. The molecule has 5 nitrogen and oxygen atoms in total. The van der Waals surface area contributed by atoms with Gasteiger partial charge in [-0.2, -0.15) is 10.5 Å². The van der Waals surface area contributed by atoms with E-state index in [1.54, 1.807) is 24.3 Å². The first kappa shape index (κ1) is 14.7. The fraction of sp³-hybridized carbons (Fsp3) is 0.357. The third kappa shape index (κ3) is 4.79. The van der Waals surface area contributed by atoms with Crippen molar-refractivity contribution in [3.63, 3.8) is 0 Å². The van der Waals surface area contributed by atoms with Gasteiger partial charge in [-0.3, -0.25) is 9.69 Å². The normalized spacial score (nSPS) is 9.68. The molecule has 0 fully saturated rings. The van der Waals surface area contributed by atoms with E-state index < -0.39 is 0 Å². The molecule has 0 aliphatic rings. The van der Waals surface area contributed by atoms with Gasteiger partial charge in [-0.15, -0.1) is 0 Å². The summed E-state index contributed by atoms with van der Waals surface area (Å²) in [6, 6.07) is 10.7. The van der Waals surface area contributed by atoms with E-state index in [1.165, 1.54) is 4.90 Å². The Bertz CT molecular complexity index is 481. The molecule has 1 aromatic rings. The van der Waals surface area contributed by atoms with Crippen molar-refractivity contribution in [3.05, 3.63) is 29.8 Å². The first-order chi connectivity index (χ1) is 9.21. The van der Waals surface area contributed by atoms with Crippen molar-refractivity contribution in [2.24, 2.45) is 0 Å². The Morgan fingerprint density at radius 3 is 2.26 bits per heavy atom. The highest BCUT2D eigenvalue weighted by atomic mass is 16.5. The molecule has 0 radical (unpaired) electrons. The van der Waals surface area contributed by atoms with Crippen LogP contribution >= 0.6 is 0 Å². The van der Waals surface area contributed by atoms with Crippen LogP contribution in [0.15, 0.2) is 24.3 Å². The van der Waals surface area contributed by atoms with Crippen molar-refractivity contribution in [2.45, 2.75) is 6.92 Å². The maximum absolute atomic E-state index is 12.0. The van der Waals surface area contributed by atoms with Crippen molar-refractivity contribution >= 4 is 5.78 Å². The molecule has 98 valence electrons. The molecule has 0 aliphatic heterocycles. The van der Waals surface area contributed by atoms with E-state index in [9.17, 15) is 4.79 Å². The standard InChI is InChI=1S/C14H15N3O2/c1-2-19-13-5-3-12(4-6-13)14(18)11-17(9-7-15)10-8-16/h3-6H,2,9-11H2,1H3. The number of hydrogen-bond donors (Lipinski definition) is 0. The number of hydrogen-bond acceptors (Lipinski definition) is 5. The summed E-state index contributed by atoms with van der Waals surface area (Å²) in [6.07, 6.45) is 0. The minimum absolute atomic E-state index is 0.0646. The van der Waals surface area contributed by atoms with E-state index >= 15 is 0 Å². The average molecular weight is 257 g/mol. The molecular formula is C14H15N3O2. The van der Waals surface area contributed by atoms with Crippen LogP contribution in [0.25, 0.3) is 0 Å². The second-order valence-corrected chi connectivity index (χ2v) is 3.84. The molecule has 0 unspecified atom stereocenters. The predicted octanol–water partition coefficient (Wildman–Crippen LogP) is 1.62. The lowest BCUT2D eigenvalue weighted by molar-refractivity contribution is 0.0946. The molecule has 0 N–H and O–H groups in total. The highest BCUT2D eigenvalue weighted by molar-refractivity contribution is 5.97. The van der Waals surface area contributed by atoms with Gasteiger partial charge in [0.1, 0.15) is 5.75 Å². The third-order valence-electron chi connectivity index (χ3n) is 2.44. The Balaban J connectivity index is 2.66. The predicted molar refractivity (Wildman–Crippen MR) is 69.6 cm³/mol. The van der Waals surface area contributed by atoms with E-state index in [4.69, 9.17) is 15.3 Å². The van der Waals surface area contributed by atoms with Crippen molar-refractivity contribution in [2.75, 3.05) is 26.2 Å². The van der Waals surface area contributed by atoms with Crippen molar-refractivity contribution in [1.82, 2.24) is 4.90 Å². The average Bonchev–Trinajstić information content (AvgIpc) is 2.40. The fourth-order valence-corrected chi connectivity index (χ4v) is 1.57. The molecule has 1 aromatic carbocycles. The number of carbonyl (C=O) groups is 1. The van der Waals surface area contributed by atoms with Crippen LogP contribution in [-0.2, 0) is 0 Å². The Kier molecular flexibility index (Phi) is 6.08. The molecule has 0 spiro atoms. The van der Waals surface area contributed by atoms with Crippen molar-refractivity contribution < 1.29 is 9.53 Å². The first-order valence-electron chi connectivity index (χ1n) is 5.93.